The lowest BCUT2D eigenvalue weighted by Gasteiger charge is -2.15. The van der Waals surface area contributed by atoms with E-state index in [1.165, 1.54) is 30.1 Å². The Kier molecular flexibility index (Phi) is 7.72. The third kappa shape index (κ3) is 5.38. The summed E-state index contributed by atoms with van der Waals surface area (Å²) in [6, 6.07) is 21.6. The van der Waals surface area contributed by atoms with Gasteiger partial charge in [0.25, 0.3) is 5.56 Å². The molecule has 2 heterocycles. The molecule has 7 nitrogen and oxygen atoms in total. The molecule has 6 rings (SSSR count). The average Bonchev–Trinajstić information content (AvgIpc) is 3.42. The van der Waals surface area contributed by atoms with Gasteiger partial charge in [0.1, 0.15) is 23.0 Å². The minimum atomic E-state index is -0.390. The molecule has 0 N–H and O–H groups in total. The molecule has 42 heavy (non-hydrogen) atoms. The first-order valence-corrected chi connectivity index (χ1v) is 14.1. The van der Waals surface area contributed by atoms with E-state index in [-0.39, 0.29) is 23.3 Å². The van der Waals surface area contributed by atoms with Crippen molar-refractivity contribution >= 4 is 67.2 Å². The van der Waals surface area contributed by atoms with Crippen LogP contribution in [0, 0.1) is 5.82 Å². The van der Waals surface area contributed by atoms with Crippen molar-refractivity contribution in [3.8, 4) is 23.1 Å². The fraction of sp³-hybridized carbons (Fsp3) is 0.0645. The SMILES string of the molecule is COc1cc(C=Nn2c(-c3cc4cc(Cl)ccc4o3)nc3ccccc3c2=O)c(Br)c(Cl)c1OCc1ccc(F)cc1. The summed E-state index contributed by atoms with van der Waals surface area (Å²) in [7, 11) is 1.48. The van der Waals surface area contributed by atoms with Gasteiger partial charge in [-0.2, -0.15) is 9.78 Å². The molecule has 0 aliphatic heterocycles. The van der Waals surface area contributed by atoms with E-state index >= 15 is 0 Å². The number of hydrogen-bond donors (Lipinski definition) is 0. The summed E-state index contributed by atoms with van der Waals surface area (Å²) in [5.74, 6) is 0.834. The molecule has 0 amide bonds. The Labute approximate surface area is 256 Å². The average molecular weight is 667 g/mol. The standard InChI is InChI=1S/C31H19BrCl2FN3O4/c1-40-25-14-19(27(32)28(34)29(25)41-16-17-6-9-21(35)10-7-17)15-36-38-30(37-23-5-3-2-4-22(23)31(38)39)26-13-18-12-20(33)8-11-24(18)42-26/h2-15H,16H2,1H3. The summed E-state index contributed by atoms with van der Waals surface area (Å²) in [5.41, 5.74) is 1.95. The molecule has 0 saturated carbocycles. The molecule has 2 aromatic heterocycles. The van der Waals surface area contributed by atoms with Crippen LogP contribution < -0.4 is 15.0 Å². The highest BCUT2D eigenvalue weighted by molar-refractivity contribution is 9.10. The highest BCUT2D eigenvalue weighted by atomic mass is 79.9. The van der Waals surface area contributed by atoms with Gasteiger partial charge in [-0.05, 0) is 76.1 Å². The fourth-order valence-corrected chi connectivity index (χ4v) is 5.19. The zero-order valence-electron chi connectivity index (χ0n) is 21.8. The van der Waals surface area contributed by atoms with Crippen LogP contribution in [-0.2, 0) is 6.61 Å². The van der Waals surface area contributed by atoms with Crippen LogP contribution in [0.25, 0.3) is 33.5 Å². The molecule has 0 fully saturated rings. The Morgan fingerprint density at radius 3 is 2.64 bits per heavy atom. The Morgan fingerprint density at radius 2 is 1.86 bits per heavy atom. The molecule has 0 aliphatic rings. The molecule has 0 radical (unpaired) electrons. The molecule has 11 heteroatoms. The van der Waals surface area contributed by atoms with Crippen LogP contribution in [0.5, 0.6) is 11.5 Å². The lowest BCUT2D eigenvalue weighted by Crippen LogP contribution is -2.20. The normalized spacial score (nSPS) is 11.5. The minimum Gasteiger partial charge on any atom is -0.493 e. The first-order valence-electron chi connectivity index (χ1n) is 12.5. The summed E-state index contributed by atoms with van der Waals surface area (Å²) in [6.07, 6.45) is 1.46. The van der Waals surface area contributed by atoms with Gasteiger partial charge in [-0.15, -0.1) is 0 Å². The predicted octanol–water partition coefficient (Wildman–Crippen LogP) is 8.49. The molecule has 0 spiro atoms. The smallest absolute Gasteiger partial charge is 0.282 e. The quantitative estimate of drug-likeness (QED) is 0.160. The van der Waals surface area contributed by atoms with Crippen LogP contribution in [0.15, 0.2) is 97.6 Å². The Hall–Kier alpha value is -4.18. The third-order valence-corrected chi connectivity index (χ3v) is 8.12. The van der Waals surface area contributed by atoms with Gasteiger partial charge in [-0.3, -0.25) is 4.79 Å². The molecule has 0 bridgehead atoms. The Morgan fingerprint density at radius 1 is 1.07 bits per heavy atom. The Bertz CT molecular complexity index is 2060. The van der Waals surface area contributed by atoms with Crippen molar-refractivity contribution in [2.75, 3.05) is 7.11 Å². The molecule has 0 unspecified atom stereocenters. The highest BCUT2D eigenvalue weighted by Gasteiger charge is 2.19. The van der Waals surface area contributed by atoms with Gasteiger partial charge in [0.05, 0.1) is 24.2 Å². The predicted molar refractivity (Wildman–Crippen MR) is 166 cm³/mol. The van der Waals surface area contributed by atoms with Gasteiger partial charge < -0.3 is 13.9 Å². The largest absolute Gasteiger partial charge is 0.493 e. The molecular formula is C31H19BrCl2FN3O4. The van der Waals surface area contributed by atoms with Crippen molar-refractivity contribution < 1.29 is 18.3 Å². The zero-order chi connectivity index (χ0) is 29.4. The number of aromatic nitrogens is 2. The summed E-state index contributed by atoms with van der Waals surface area (Å²) in [6.45, 7) is 0.139. The molecule has 6 aromatic rings. The number of methoxy groups -OCH3 is 1. The second kappa shape index (κ2) is 11.6. The number of nitrogens with zero attached hydrogens (tertiary/aromatic N) is 3. The van der Waals surface area contributed by atoms with Gasteiger partial charge in [0.2, 0.25) is 5.82 Å². The van der Waals surface area contributed by atoms with Gasteiger partial charge in [-0.25, -0.2) is 9.37 Å². The van der Waals surface area contributed by atoms with E-state index in [1.54, 1.807) is 66.7 Å². The molecule has 210 valence electrons. The number of fused-ring (bicyclic) bond motifs is 2. The van der Waals surface area contributed by atoms with E-state index in [1.807, 2.05) is 0 Å². The van der Waals surface area contributed by atoms with Crippen LogP contribution >= 0.6 is 39.1 Å². The van der Waals surface area contributed by atoms with Crippen molar-refractivity contribution in [2.24, 2.45) is 5.10 Å². The number of benzene rings is 4. The lowest BCUT2D eigenvalue weighted by atomic mass is 10.2. The molecule has 0 saturated heterocycles. The maximum atomic E-state index is 13.6. The van der Waals surface area contributed by atoms with E-state index < -0.39 is 5.56 Å². The van der Waals surface area contributed by atoms with Crippen LogP contribution in [0.2, 0.25) is 10.0 Å². The minimum absolute atomic E-state index is 0.139. The first kappa shape index (κ1) is 28.0. The van der Waals surface area contributed by atoms with Crippen molar-refractivity contribution in [1.29, 1.82) is 0 Å². The van der Waals surface area contributed by atoms with E-state index in [0.29, 0.717) is 48.8 Å². The Balaban J connectivity index is 1.42. The number of halogens is 4. The summed E-state index contributed by atoms with van der Waals surface area (Å²) < 4.78 is 32.4. The van der Waals surface area contributed by atoms with Crippen molar-refractivity contribution in [3.63, 3.8) is 0 Å². The fourth-order valence-electron chi connectivity index (χ4n) is 4.36. The van der Waals surface area contributed by atoms with Gasteiger partial charge in [-0.1, -0.05) is 47.5 Å². The summed E-state index contributed by atoms with van der Waals surface area (Å²) in [4.78, 5) is 18.3. The first-order chi connectivity index (χ1) is 20.3. The van der Waals surface area contributed by atoms with E-state index in [2.05, 4.69) is 21.0 Å². The van der Waals surface area contributed by atoms with E-state index in [0.717, 1.165) is 10.9 Å². The topological polar surface area (TPSA) is 78.9 Å². The van der Waals surface area contributed by atoms with E-state index in [4.69, 9.17) is 42.1 Å². The maximum absolute atomic E-state index is 13.6. The second-order valence-corrected chi connectivity index (χ2v) is 10.8. The number of para-hydroxylation sites is 1. The number of furan rings is 1. The van der Waals surface area contributed by atoms with Gasteiger partial charge in [0, 0.05) is 20.4 Å². The van der Waals surface area contributed by atoms with Crippen molar-refractivity contribution in [3.05, 3.63) is 121 Å². The summed E-state index contributed by atoms with van der Waals surface area (Å²) >= 11 is 16.3. The molecular weight excluding hydrogens is 648 g/mol. The molecule has 0 atom stereocenters. The van der Waals surface area contributed by atoms with Crippen LogP contribution in [-0.4, -0.2) is 23.0 Å². The van der Waals surface area contributed by atoms with E-state index in [9.17, 15) is 9.18 Å². The van der Waals surface area contributed by atoms with Crippen molar-refractivity contribution in [2.45, 2.75) is 6.61 Å². The third-order valence-electron chi connectivity index (χ3n) is 6.44. The second-order valence-electron chi connectivity index (χ2n) is 9.15. The monoisotopic (exact) mass is 665 g/mol. The maximum Gasteiger partial charge on any atom is 0.282 e. The van der Waals surface area contributed by atoms with Gasteiger partial charge >= 0.3 is 0 Å². The zero-order valence-corrected chi connectivity index (χ0v) is 24.9. The van der Waals surface area contributed by atoms with Gasteiger partial charge in [0.15, 0.2) is 17.3 Å². The summed E-state index contributed by atoms with van der Waals surface area (Å²) in [5, 5.41) is 6.44. The number of ether oxygens (including phenoxy) is 2. The highest BCUT2D eigenvalue weighted by Crippen LogP contribution is 2.42. The molecule has 4 aromatic carbocycles. The lowest BCUT2D eigenvalue weighted by molar-refractivity contribution is 0.284. The van der Waals surface area contributed by atoms with Crippen LogP contribution in [0.4, 0.5) is 4.39 Å². The van der Waals surface area contributed by atoms with Crippen LogP contribution in [0.3, 0.4) is 0 Å². The number of rotatable bonds is 7. The van der Waals surface area contributed by atoms with Crippen molar-refractivity contribution in [1.82, 2.24) is 9.66 Å². The number of hydrogen-bond acceptors (Lipinski definition) is 6. The molecule has 0 aliphatic carbocycles. The van der Waals surface area contributed by atoms with Crippen LogP contribution in [0.1, 0.15) is 11.1 Å².